The first kappa shape index (κ1) is 26.0. The van der Waals surface area contributed by atoms with Crippen molar-refractivity contribution in [1.82, 2.24) is 5.32 Å². The number of hydrogen-bond donors (Lipinski definition) is 2. The number of ether oxygens (including phenoxy) is 3. The average molecular weight is 495 g/mol. The van der Waals surface area contributed by atoms with Crippen LogP contribution in [0.5, 0.6) is 17.2 Å². The van der Waals surface area contributed by atoms with Gasteiger partial charge in [0, 0.05) is 11.4 Å². The van der Waals surface area contributed by atoms with Gasteiger partial charge in [0.25, 0.3) is 5.91 Å². The zero-order valence-corrected chi connectivity index (χ0v) is 21.1. The van der Waals surface area contributed by atoms with Crippen molar-refractivity contribution < 1.29 is 23.8 Å². The molecule has 0 spiro atoms. The van der Waals surface area contributed by atoms with Crippen LogP contribution in [0, 0.1) is 0 Å². The molecule has 2 amide bonds. The Balaban J connectivity index is 1.58. The monoisotopic (exact) mass is 494 g/mol. The molecule has 0 aliphatic carbocycles. The maximum atomic E-state index is 12.9. The summed E-state index contributed by atoms with van der Waals surface area (Å²) in [6.45, 7) is 2.26. The zero-order chi connectivity index (χ0) is 25.2. The number of benzene rings is 3. The summed E-state index contributed by atoms with van der Waals surface area (Å²) in [6.07, 6.45) is 0.621. The summed E-state index contributed by atoms with van der Waals surface area (Å²) in [5.74, 6) is 1.63. The van der Waals surface area contributed by atoms with E-state index in [-0.39, 0.29) is 17.1 Å². The summed E-state index contributed by atoms with van der Waals surface area (Å²) < 4.78 is 15.8. The molecule has 0 aromatic heterocycles. The molecule has 2 N–H and O–H groups in total. The first-order valence-corrected chi connectivity index (χ1v) is 12.0. The van der Waals surface area contributed by atoms with Gasteiger partial charge in [-0.05, 0) is 67.4 Å². The highest BCUT2D eigenvalue weighted by atomic mass is 32.2. The van der Waals surface area contributed by atoms with E-state index in [0.717, 1.165) is 16.2 Å². The predicted molar refractivity (Wildman–Crippen MR) is 139 cm³/mol. The molecule has 0 heterocycles. The van der Waals surface area contributed by atoms with Crippen molar-refractivity contribution in [3.05, 3.63) is 77.9 Å². The Kier molecular flexibility index (Phi) is 9.43. The standard InChI is InChI=1S/C27H30N2O5S/c1-18(35-21-12-10-20(32-2)11-13-21)26(30)29-23-8-6-5-7-22(23)27(31)28-16-15-19-9-14-24(33-3)25(17-19)34-4/h5-14,17-18H,15-16H2,1-4H3,(H,28,31)(H,29,30)/t18-/m1/s1. The number of anilines is 1. The Hall–Kier alpha value is -3.65. The predicted octanol–water partition coefficient (Wildman–Crippen LogP) is 4.80. The summed E-state index contributed by atoms with van der Waals surface area (Å²) in [5.41, 5.74) is 1.90. The van der Waals surface area contributed by atoms with Crippen LogP contribution < -0.4 is 24.8 Å². The lowest BCUT2D eigenvalue weighted by Crippen LogP contribution is -2.28. The van der Waals surface area contributed by atoms with Gasteiger partial charge in [-0.3, -0.25) is 9.59 Å². The number of carbonyl (C=O) groups excluding carboxylic acids is 2. The van der Waals surface area contributed by atoms with E-state index in [0.29, 0.717) is 35.7 Å². The molecular weight excluding hydrogens is 464 g/mol. The Labute approximate surface area is 210 Å². The van der Waals surface area contributed by atoms with Crippen molar-refractivity contribution in [2.24, 2.45) is 0 Å². The highest BCUT2D eigenvalue weighted by Crippen LogP contribution is 2.28. The topological polar surface area (TPSA) is 85.9 Å². The minimum Gasteiger partial charge on any atom is -0.497 e. The van der Waals surface area contributed by atoms with Gasteiger partial charge in [-0.2, -0.15) is 0 Å². The molecule has 7 nitrogen and oxygen atoms in total. The first-order chi connectivity index (χ1) is 16.9. The Bertz CT molecular complexity index is 1150. The molecule has 0 aliphatic heterocycles. The number of rotatable bonds is 11. The van der Waals surface area contributed by atoms with Crippen LogP contribution in [-0.2, 0) is 11.2 Å². The number of hydrogen-bond acceptors (Lipinski definition) is 6. The van der Waals surface area contributed by atoms with Gasteiger partial charge in [0.1, 0.15) is 5.75 Å². The Morgan fingerprint density at radius 3 is 2.29 bits per heavy atom. The van der Waals surface area contributed by atoms with Crippen LogP contribution in [0.15, 0.2) is 71.6 Å². The van der Waals surface area contributed by atoms with E-state index in [1.165, 1.54) is 11.8 Å². The maximum Gasteiger partial charge on any atom is 0.253 e. The van der Waals surface area contributed by atoms with E-state index in [1.54, 1.807) is 45.6 Å². The molecule has 1 atom stereocenters. The van der Waals surface area contributed by atoms with Gasteiger partial charge < -0.3 is 24.8 Å². The van der Waals surface area contributed by atoms with Crippen LogP contribution in [0.1, 0.15) is 22.8 Å². The molecule has 0 saturated heterocycles. The fraction of sp³-hybridized carbons (Fsp3) is 0.259. The second-order valence-corrected chi connectivity index (χ2v) is 9.08. The highest BCUT2D eigenvalue weighted by Gasteiger charge is 2.18. The molecule has 3 aromatic carbocycles. The Morgan fingerprint density at radius 1 is 0.886 bits per heavy atom. The average Bonchev–Trinajstić information content (AvgIpc) is 2.89. The van der Waals surface area contributed by atoms with Gasteiger partial charge >= 0.3 is 0 Å². The van der Waals surface area contributed by atoms with Crippen molar-refractivity contribution in [2.45, 2.75) is 23.5 Å². The van der Waals surface area contributed by atoms with Gasteiger partial charge in [0.15, 0.2) is 11.5 Å². The highest BCUT2D eigenvalue weighted by molar-refractivity contribution is 8.00. The lowest BCUT2D eigenvalue weighted by atomic mass is 10.1. The van der Waals surface area contributed by atoms with Gasteiger partial charge in [-0.25, -0.2) is 0 Å². The van der Waals surface area contributed by atoms with Gasteiger partial charge in [0.2, 0.25) is 5.91 Å². The molecule has 35 heavy (non-hydrogen) atoms. The smallest absolute Gasteiger partial charge is 0.253 e. The molecule has 184 valence electrons. The van der Waals surface area contributed by atoms with Crippen LogP contribution in [0.2, 0.25) is 0 Å². The van der Waals surface area contributed by atoms with Crippen molar-refractivity contribution in [2.75, 3.05) is 33.2 Å². The summed E-state index contributed by atoms with van der Waals surface area (Å²) >= 11 is 1.43. The molecule has 3 rings (SSSR count). The van der Waals surface area contributed by atoms with Crippen LogP contribution in [-0.4, -0.2) is 44.9 Å². The largest absolute Gasteiger partial charge is 0.497 e. The molecule has 3 aromatic rings. The molecule has 0 aliphatic rings. The van der Waals surface area contributed by atoms with Gasteiger partial charge in [-0.15, -0.1) is 11.8 Å². The van der Waals surface area contributed by atoms with Crippen molar-refractivity contribution >= 4 is 29.3 Å². The van der Waals surface area contributed by atoms with E-state index in [1.807, 2.05) is 49.4 Å². The molecule has 8 heteroatoms. The van der Waals surface area contributed by atoms with Gasteiger partial charge in [0.05, 0.1) is 37.8 Å². The number of nitrogens with one attached hydrogen (secondary N) is 2. The van der Waals surface area contributed by atoms with E-state index in [9.17, 15) is 9.59 Å². The minimum atomic E-state index is -0.357. The second-order valence-electron chi connectivity index (χ2n) is 7.67. The molecule has 0 radical (unpaired) electrons. The van der Waals surface area contributed by atoms with Crippen LogP contribution in [0.4, 0.5) is 5.69 Å². The van der Waals surface area contributed by atoms with Crippen molar-refractivity contribution in [3.8, 4) is 17.2 Å². The fourth-order valence-electron chi connectivity index (χ4n) is 3.39. The number of para-hydroxylation sites is 1. The Morgan fingerprint density at radius 2 is 1.60 bits per heavy atom. The fourth-order valence-corrected chi connectivity index (χ4v) is 4.26. The van der Waals surface area contributed by atoms with Gasteiger partial charge in [-0.1, -0.05) is 18.2 Å². The number of thioether (sulfide) groups is 1. The first-order valence-electron chi connectivity index (χ1n) is 11.1. The SMILES string of the molecule is COc1ccc(S[C@H](C)C(=O)Nc2ccccc2C(=O)NCCc2ccc(OC)c(OC)c2)cc1. The van der Waals surface area contributed by atoms with Crippen molar-refractivity contribution in [3.63, 3.8) is 0 Å². The molecule has 0 unspecified atom stereocenters. The number of methoxy groups -OCH3 is 3. The normalized spacial score (nSPS) is 11.3. The quantitative estimate of drug-likeness (QED) is 0.372. The second kappa shape index (κ2) is 12.7. The van der Waals surface area contributed by atoms with Crippen LogP contribution in [0.25, 0.3) is 0 Å². The maximum absolute atomic E-state index is 12.9. The van der Waals surface area contributed by atoms with E-state index >= 15 is 0 Å². The third-order valence-electron chi connectivity index (χ3n) is 5.32. The third-order valence-corrected chi connectivity index (χ3v) is 6.43. The number of amides is 2. The summed E-state index contributed by atoms with van der Waals surface area (Å²) in [6, 6.07) is 20.2. The van der Waals surface area contributed by atoms with E-state index in [2.05, 4.69) is 10.6 Å². The summed E-state index contributed by atoms with van der Waals surface area (Å²) in [5, 5.41) is 5.46. The minimum absolute atomic E-state index is 0.184. The molecular formula is C27H30N2O5S. The summed E-state index contributed by atoms with van der Waals surface area (Å²) in [7, 11) is 4.79. The lowest BCUT2D eigenvalue weighted by molar-refractivity contribution is -0.115. The van der Waals surface area contributed by atoms with Crippen LogP contribution in [0.3, 0.4) is 0 Å². The zero-order valence-electron chi connectivity index (χ0n) is 20.3. The van der Waals surface area contributed by atoms with E-state index < -0.39 is 0 Å². The molecule has 0 fully saturated rings. The van der Waals surface area contributed by atoms with Crippen molar-refractivity contribution in [1.29, 1.82) is 0 Å². The number of carbonyl (C=O) groups is 2. The molecule has 0 bridgehead atoms. The summed E-state index contributed by atoms with van der Waals surface area (Å²) in [4.78, 5) is 26.6. The van der Waals surface area contributed by atoms with Crippen LogP contribution >= 0.6 is 11.8 Å². The lowest BCUT2D eigenvalue weighted by Gasteiger charge is -2.15. The third kappa shape index (κ3) is 7.16. The van der Waals surface area contributed by atoms with E-state index in [4.69, 9.17) is 14.2 Å². The molecule has 0 saturated carbocycles.